The summed E-state index contributed by atoms with van der Waals surface area (Å²) in [5, 5.41) is 3.42. The molecule has 0 fully saturated rings. The number of rotatable bonds is 5. The van der Waals surface area contributed by atoms with E-state index in [1.807, 2.05) is 0 Å². The van der Waals surface area contributed by atoms with Crippen molar-refractivity contribution in [1.29, 1.82) is 0 Å². The largest absolute Gasteiger partial charge is 0.435 e. The summed E-state index contributed by atoms with van der Waals surface area (Å²) in [5.74, 6) is 0. The van der Waals surface area contributed by atoms with E-state index in [1.165, 1.54) is 10.8 Å². The number of nitrogens with zero attached hydrogens (tertiary/aromatic N) is 1. The maximum Gasteiger partial charge on any atom is 0.435 e. The van der Waals surface area contributed by atoms with Crippen molar-refractivity contribution in [2.24, 2.45) is 5.16 Å². The first-order chi connectivity index (χ1) is 14.6. The fourth-order valence-corrected chi connectivity index (χ4v) is 4.47. The maximum absolute atomic E-state index is 14.0. The van der Waals surface area contributed by atoms with Gasteiger partial charge in [-0.25, -0.2) is 13.1 Å². The Hall–Kier alpha value is -2.02. The third kappa shape index (κ3) is 5.13. The van der Waals surface area contributed by atoms with Gasteiger partial charge in [-0.2, -0.15) is 26.3 Å². The summed E-state index contributed by atoms with van der Waals surface area (Å²) in [6, 6.07) is 7.45. The van der Waals surface area contributed by atoms with Crippen LogP contribution in [0.25, 0.3) is 0 Å². The van der Waals surface area contributed by atoms with Gasteiger partial charge < -0.3 is 4.84 Å². The highest BCUT2D eigenvalue weighted by Crippen LogP contribution is 2.49. The zero-order chi connectivity index (χ0) is 23.9. The van der Waals surface area contributed by atoms with Gasteiger partial charge in [-0.1, -0.05) is 40.5 Å². The number of halogens is 8. The Labute approximate surface area is 188 Å². The number of hydrogen-bond donors (Lipinski definition) is 1. The minimum absolute atomic E-state index is 0.0471. The molecule has 0 aliphatic carbocycles. The molecule has 3 rings (SSSR count). The highest BCUT2D eigenvalue weighted by Gasteiger charge is 2.62. The molecule has 0 radical (unpaired) electrons. The van der Waals surface area contributed by atoms with Gasteiger partial charge in [0.05, 0.1) is 10.6 Å². The molecule has 0 bridgehead atoms. The number of oxime groups is 1. The van der Waals surface area contributed by atoms with E-state index in [2.05, 4.69) is 5.16 Å². The van der Waals surface area contributed by atoms with Crippen molar-refractivity contribution in [3.05, 3.63) is 63.6 Å². The van der Waals surface area contributed by atoms with Crippen molar-refractivity contribution in [3.63, 3.8) is 0 Å². The van der Waals surface area contributed by atoms with E-state index in [0.29, 0.717) is 0 Å². The molecule has 1 heterocycles. The fraction of sp³-hybridized carbons (Fsp3) is 0.278. The first kappa shape index (κ1) is 24.6. The lowest BCUT2D eigenvalue weighted by atomic mass is 9.86. The third-order valence-corrected chi connectivity index (χ3v) is 6.33. The summed E-state index contributed by atoms with van der Waals surface area (Å²) in [5.41, 5.74) is -3.34. The van der Waals surface area contributed by atoms with Gasteiger partial charge in [-0.05, 0) is 35.9 Å². The van der Waals surface area contributed by atoms with Crippen LogP contribution in [0.15, 0.2) is 52.5 Å². The van der Waals surface area contributed by atoms with Crippen molar-refractivity contribution in [1.82, 2.24) is 4.72 Å². The summed E-state index contributed by atoms with van der Waals surface area (Å²) in [7, 11) is -4.48. The molecular weight excluding hydrogens is 509 g/mol. The van der Waals surface area contributed by atoms with E-state index >= 15 is 0 Å². The lowest BCUT2D eigenvalue weighted by Gasteiger charge is -2.29. The van der Waals surface area contributed by atoms with Crippen LogP contribution in [0, 0.1) is 0 Å². The van der Waals surface area contributed by atoms with E-state index in [1.54, 1.807) is 0 Å². The molecule has 0 spiro atoms. The van der Waals surface area contributed by atoms with Crippen LogP contribution in [0.2, 0.25) is 10.0 Å². The van der Waals surface area contributed by atoms with E-state index < -0.39 is 45.8 Å². The van der Waals surface area contributed by atoms with Gasteiger partial charge >= 0.3 is 12.4 Å². The first-order valence-electron chi connectivity index (χ1n) is 8.58. The predicted molar refractivity (Wildman–Crippen MR) is 104 cm³/mol. The molecule has 0 saturated heterocycles. The molecular formula is C18H12Cl2F6N2O3S. The van der Waals surface area contributed by atoms with Crippen LogP contribution in [0.5, 0.6) is 0 Å². The van der Waals surface area contributed by atoms with E-state index in [4.69, 9.17) is 28.0 Å². The molecule has 1 N–H and O–H groups in total. The molecule has 0 aromatic heterocycles. The van der Waals surface area contributed by atoms with Crippen LogP contribution in [0.3, 0.4) is 0 Å². The highest BCUT2D eigenvalue weighted by atomic mass is 35.5. The average Bonchev–Trinajstić information content (AvgIpc) is 3.12. The molecule has 0 saturated carbocycles. The number of alkyl halides is 6. The van der Waals surface area contributed by atoms with Gasteiger partial charge in [-0.3, -0.25) is 0 Å². The van der Waals surface area contributed by atoms with Gasteiger partial charge in [0.2, 0.25) is 10.0 Å². The molecule has 2 aromatic rings. The Bertz CT molecular complexity index is 1130. The minimum Gasteiger partial charge on any atom is -0.374 e. The van der Waals surface area contributed by atoms with Crippen LogP contribution in [-0.2, 0) is 20.5 Å². The Morgan fingerprint density at radius 1 is 1.00 bits per heavy atom. The molecule has 0 amide bonds. The van der Waals surface area contributed by atoms with Gasteiger partial charge in [-0.15, -0.1) is 0 Å². The monoisotopic (exact) mass is 520 g/mol. The van der Waals surface area contributed by atoms with Gasteiger partial charge in [0.1, 0.15) is 6.54 Å². The van der Waals surface area contributed by atoms with Crippen LogP contribution < -0.4 is 4.72 Å². The number of nitrogens with one attached hydrogen (secondary N) is 1. The number of hydrogen-bond acceptors (Lipinski definition) is 4. The molecule has 32 heavy (non-hydrogen) atoms. The second-order valence-corrected chi connectivity index (χ2v) is 9.39. The lowest BCUT2D eigenvalue weighted by molar-refractivity contribution is -0.275. The first-order valence-corrected chi connectivity index (χ1v) is 10.8. The Morgan fingerprint density at radius 2 is 1.56 bits per heavy atom. The zero-order valence-corrected chi connectivity index (χ0v) is 17.9. The summed E-state index contributed by atoms with van der Waals surface area (Å²) < 4.78 is 104. The van der Waals surface area contributed by atoms with Gasteiger partial charge in [0, 0.05) is 22.0 Å². The smallest absolute Gasteiger partial charge is 0.374 e. The Balaban J connectivity index is 1.87. The second-order valence-electron chi connectivity index (χ2n) is 6.75. The second kappa shape index (κ2) is 8.40. The normalized spacial score (nSPS) is 19.6. The van der Waals surface area contributed by atoms with Crippen LogP contribution in [0.4, 0.5) is 26.3 Å². The molecule has 174 valence electrons. The summed E-state index contributed by atoms with van der Waals surface area (Å²) in [4.78, 5) is 4.33. The van der Waals surface area contributed by atoms with Crippen molar-refractivity contribution in [2.45, 2.75) is 29.3 Å². The van der Waals surface area contributed by atoms with Crippen LogP contribution in [0.1, 0.15) is 17.5 Å². The number of sulfonamides is 1. The third-order valence-electron chi connectivity index (χ3n) is 4.48. The van der Waals surface area contributed by atoms with Crippen molar-refractivity contribution in [2.75, 3.05) is 6.54 Å². The zero-order valence-electron chi connectivity index (χ0n) is 15.6. The molecule has 1 unspecified atom stereocenters. The summed E-state index contributed by atoms with van der Waals surface area (Å²) in [6.07, 6.45) is -10.4. The van der Waals surface area contributed by atoms with E-state index in [0.717, 1.165) is 36.4 Å². The average molecular weight is 521 g/mol. The van der Waals surface area contributed by atoms with Crippen LogP contribution in [-0.4, -0.2) is 33.0 Å². The lowest BCUT2D eigenvalue weighted by Crippen LogP contribution is -2.42. The standard InChI is InChI=1S/C18H12Cl2F6N2O3S/c19-12-5-11(6-13(20)7-12)16(18(24,25)26)8-15(28-31-16)10-1-3-14(4-2-10)32(29,30)27-9-17(21,22)23/h1-7,27H,8-9H2. The molecule has 1 aliphatic rings. The van der Waals surface area contributed by atoms with E-state index in [-0.39, 0.29) is 26.9 Å². The SMILES string of the molecule is O=S(=O)(NCC(F)(F)F)c1ccc(C2=NOC(c3cc(Cl)cc(Cl)c3)(C(F)(F)F)C2)cc1. The van der Waals surface area contributed by atoms with Crippen molar-refractivity contribution in [3.8, 4) is 0 Å². The molecule has 5 nitrogen and oxygen atoms in total. The molecule has 2 aromatic carbocycles. The molecule has 1 atom stereocenters. The maximum atomic E-state index is 14.0. The van der Waals surface area contributed by atoms with Gasteiger partial charge in [0.25, 0.3) is 5.60 Å². The molecule has 1 aliphatic heterocycles. The Kier molecular flexibility index (Phi) is 6.46. The molecule has 14 heteroatoms. The number of benzene rings is 2. The topological polar surface area (TPSA) is 67.8 Å². The quantitative estimate of drug-likeness (QED) is 0.535. The van der Waals surface area contributed by atoms with Crippen molar-refractivity contribution >= 4 is 38.9 Å². The van der Waals surface area contributed by atoms with Gasteiger partial charge in [0.15, 0.2) is 0 Å². The predicted octanol–water partition coefficient (Wildman–Crippen LogP) is 5.42. The Morgan fingerprint density at radius 3 is 2.06 bits per heavy atom. The highest BCUT2D eigenvalue weighted by molar-refractivity contribution is 7.89. The minimum atomic E-state index is -4.92. The van der Waals surface area contributed by atoms with Crippen molar-refractivity contribution < 1.29 is 39.6 Å². The summed E-state index contributed by atoms with van der Waals surface area (Å²) >= 11 is 11.7. The fourth-order valence-electron chi connectivity index (χ4n) is 2.93. The summed E-state index contributed by atoms with van der Waals surface area (Å²) in [6.45, 7) is -1.77. The van der Waals surface area contributed by atoms with E-state index in [9.17, 15) is 34.8 Å². The van der Waals surface area contributed by atoms with Crippen LogP contribution >= 0.6 is 23.2 Å².